The summed E-state index contributed by atoms with van der Waals surface area (Å²) >= 11 is 1.84. The number of rotatable bonds is 6. The Morgan fingerprint density at radius 3 is 2.08 bits per heavy atom. The summed E-state index contributed by atoms with van der Waals surface area (Å²) in [5.74, 6) is 0.924. The maximum absolute atomic E-state index is 12.9. The van der Waals surface area contributed by atoms with Crippen LogP contribution in [0.1, 0.15) is 22.6 Å². The number of anilines is 1. The Morgan fingerprint density at radius 1 is 1.03 bits per heavy atom. The van der Waals surface area contributed by atoms with Gasteiger partial charge in [0.25, 0.3) is 0 Å². The van der Waals surface area contributed by atoms with E-state index in [1.807, 2.05) is 18.4 Å². The van der Waals surface area contributed by atoms with Crippen LogP contribution in [0, 0.1) is 19.7 Å². The van der Waals surface area contributed by atoms with Gasteiger partial charge in [-0.25, -0.2) is 4.39 Å². The molecule has 1 aliphatic rings. The highest BCUT2D eigenvalue weighted by molar-refractivity contribution is 7.11. The predicted octanol–water partition coefficient (Wildman–Crippen LogP) is 5.49. The van der Waals surface area contributed by atoms with E-state index >= 15 is 0 Å². The van der Waals surface area contributed by atoms with E-state index < -0.39 is 0 Å². The first-order chi connectivity index (χ1) is 18.3. The lowest BCUT2D eigenvalue weighted by Gasteiger charge is -2.18. The molecule has 2 aromatic carbocycles. The van der Waals surface area contributed by atoms with Crippen molar-refractivity contribution in [3.05, 3.63) is 88.6 Å². The molecular formula is C28H32FN5O3S. The van der Waals surface area contributed by atoms with Crippen molar-refractivity contribution in [3.63, 3.8) is 0 Å². The highest BCUT2D eigenvalue weighted by Gasteiger charge is 2.27. The molecule has 5 rings (SSSR count). The average Bonchev–Trinajstić information content (AvgIpc) is 3.66. The lowest BCUT2D eigenvalue weighted by Crippen LogP contribution is -2.37. The number of aldehydes is 1. The molecule has 0 bridgehead atoms. The summed E-state index contributed by atoms with van der Waals surface area (Å²) in [7, 11) is 1.97. The number of ether oxygens (including phenoxy) is 1. The van der Waals surface area contributed by atoms with Gasteiger partial charge in [0.05, 0.1) is 18.4 Å². The number of hydrogen-bond donors (Lipinski definition) is 1. The van der Waals surface area contributed by atoms with Crippen LogP contribution in [-0.2, 0) is 16.1 Å². The van der Waals surface area contributed by atoms with Crippen LogP contribution in [-0.4, -0.2) is 51.7 Å². The lowest BCUT2D eigenvalue weighted by atomic mass is 10.2. The first kappa shape index (κ1) is 28.7. The van der Waals surface area contributed by atoms with Gasteiger partial charge >= 0.3 is 0 Å². The zero-order chi connectivity index (χ0) is 27.3. The molecule has 3 heterocycles. The van der Waals surface area contributed by atoms with Crippen LogP contribution in [0.2, 0.25) is 0 Å². The largest absolute Gasteiger partial charge is 0.457 e. The predicted molar refractivity (Wildman–Crippen MR) is 147 cm³/mol. The van der Waals surface area contributed by atoms with Gasteiger partial charge in [0.2, 0.25) is 5.91 Å². The lowest BCUT2D eigenvalue weighted by molar-refractivity contribution is -0.120. The Labute approximate surface area is 226 Å². The van der Waals surface area contributed by atoms with E-state index in [4.69, 9.17) is 4.74 Å². The molecule has 8 nitrogen and oxygen atoms in total. The van der Waals surface area contributed by atoms with Crippen molar-refractivity contribution < 1.29 is 18.7 Å². The fourth-order valence-corrected chi connectivity index (χ4v) is 4.45. The Balaban J connectivity index is 0.000000216. The molecule has 2 aromatic heterocycles. The Hall–Kier alpha value is -3.89. The summed E-state index contributed by atoms with van der Waals surface area (Å²) in [6.45, 7) is 5.45. The molecule has 38 heavy (non-hydrogen) atoms. The van der Waals surface area contributed by atoms with Gasteiger partial charge in [0.1, 0.15) is 30.1 Å². The van der Waals surface area contributed by atoms with Gasteiger partial charge in [-0.3, -0.25) is 9.69 Å². The zero-order valence-electron chi connectivity index (χ0n) is 21.7. The molecule has 0 saturated carbocycles. The van der Waals surface area contributed by atoms with Crippen LogP contribution in [0.25, 0.3) is 0 Å². The highest BCUT2D eigenvalue weighted by atomic mass is 32.1. The van der Waals surface area contributed by atoms with Crippen LogP contribution >= 0.6 is 11.3 Å². The minimum Gasteiger partial charge on any atom is -0.457 e. The van der Waals surface area contributed by atoms with Gasteiger partial charge in [0, 0.05) is 15.4 Å². The van der Waals surface area contributed by atoms with E-state index in [0.29, 0.717) is 11.5 Å². The first-order valence-corrected chi connectivity index (χ1v) is 13.0. The summed E-state index contributed by atoms with van der Waals surface area (Å²) in [6.07, 6.45) is 5.76. The normalized spacial score (nSPS) is 14.5. The molecule has 1 N–H and O–H groups in total. The fourth-order valence-electron chi connectivity index (χ4n) is 3.67. The maximum atomic E-state index is 12.9. The second-order valence-electron chi connectivity index (χ2n) is 8.62. The molecule has 1 aliphatic heterocycles. The van der Waals surface area contributed by atoms with Crippen LogP contribution < -0.4 is 10.1 Å². The summed E-state index contributed by atoms with van der Waals surface area (Å²) in [5, 5.41) is 10.3. The number of aromatic nitrogens is 3. The van der Waals surface area contributed by atoms with E-state index in [-0.39, 0.29) is 24.3 Å². The zero-order valence-corrected chi connectivity index (χ0v) is 22.5. The minimum atomic E-state index is -0.299. The molecule has 1 atom stereocenters. The number of benzene rings is 2. The quantitative estimate of drug-likeness (QED) is 0.327. The highest BCUT2D eigenvalue weighted by Crippen LogP contribution is 2.24. The average molecular weight is 538 g/mol. The molecule has 200 valence electrons. The molecule has 1 amide bonds. The summed E-state index contributed by atoms with van der Waals surface area (Å²) in [6, 6.07) is 17.2. The van der Waals surface area contributed by atoms with E-state index in [1.54, 1.807) is 36.4 Å². The molecule has 1 unspecified atom stereocenters. The standard InChI is InChI=1S/C18H19FN2O2.C6H8S.C4H5N3O/c1-21-12-2-3-17(21)18(22)20-14-6-10-16(11-7-14)23-15-8-4-13(19)5-9-15;1-5-3-4-6(2)7-5;8-4-3-7-5-1-2-6-7/h4-11,17H,2-3,12H2,1H3,(H,20,22);3-4H,1-2H3;1-2,4H,3H2. The number of nitrogens with one attached hydrogen (secondary N) is 1. The van der Waals surface area contributed by atoms with E-state index in [9.17, 15) is 14.0 Å². The van der Waals surface area contributed by atoms with Gasteiger partial charge < -0.3 is 14.8 Å². The molecule has 0 aliphatic carbocycles. The number of likely N-dealkylation sites (N-methyl/N-ethyl adjacent to an activating group) is 1. The van der Waals surface area contributed by atoms with Crippen LogP contribution in [0.15, 0.2) is 73.1 Å². The first-order valence-electron chi connectivity index (χ1n) is 12.2. The third-order valence-corrected chi connectivity index (χ3v) is 6.49. The summed E-state index contributed by atoms with van der Waals surface area (Å²) < 4.78 is 18.5. The van der Waals surface area contributed by atoms with Crippen molar-refractivity contribution in [3.8, 4) is 11.5 Å². The molecular weight excluding hydrogens is 505 g/mol. The van der Waals surface area contributed by atoms with Crippen molar-refractivity contribution in [2.24, 2.45) is 0 Å². The molecule has 0 radical (unpaired) electrons. The number of halogens is 1. The maximum Gasteiger partial charge on any atom is 0.241 e. The van der Waals surface area contributed by atoms with Crippen LogP contribution in [0.5, 0.6) is 11.5 Å². The van der Waals surface area contributed by atoms with E-state index in [0.717, 1.165) is 31.4 Å². The molecule has 10 heteroatoms. The second kappa shape index (κ2) is 14.7. The number of amides is 1. The minimum absolute atomic E-state index is 0.0252. The van der Waals surface area contributed by atoms with Gasteiger partial charge in [-0.1, -0.05) is 0 Å². The third-order valence-electron chi connectivity index (χ3n) is 5.57. The number of hydrogen-bond acceptors (Lipinski definition) is 7. The molecule has 1 saturated heterocycles. The van der Waals surface area contributed by atoms with Crippen molar-refractivity contribution in [2.45, 2.75) is 39.3 Å². The van der Waals surface area contributed by atoms with Crippen molar-refractivity contribution >= 4 is 29.2 Å². The number of thiophene rings is 1. The summed E-state index contributed by atoms with van der Waals surface area (Å²) in [5.41, 5.74) is 0.738. The van der Waals surface area contributed by atoms with Gasteiger partial charge in [-0.2, -0.15) is 15.0 Å². The van der Waals surface area contributed by atoms with Gasteiger partial charge in [-0.15, -0.1) is 11.3 Å². The Bertz CT molecular complexity index is 1240. The van der Waals surface area contributed by atoms with Crippen molar-refractivity contribution in [1.82, 2.24) is 19.9 Å². The van der Waals surface area contributed by atoms with Crippen LogP contribution in [0.3, 0.4) is 0 Å². The van der Waals surface area contributed by atoms with Gasteiger partial charge in [-0.05, 0) is 101 Å². The van der Waals surface area contributed by atoms with E-state index in [2.05, 4.69) is 46.4 Å². The summed E-state index contributed by atoms with van der Waals surface area (Å²) in [4.78, 5) is 28.2. The van der Waals surface area contributed by atoms with Crippen molar-refractivity contribution in [1.29, 1.82) is 0 Å². The SMILES string of the molecule is CN1CCCC1C(=O)Nc1ccc(Oc2ccc(F)cc2)cc1.Cc1ccc(C)s1.O=CCn1nccn1. The van der Waals surface area contributed by atoms with Crippen LogP contribution in [0.4, 0.5) is 10.1 Å². The smallest absolute Gasteiger partial charge is 0.241 e. The number of carbonyl (C=O) groups is 2. The Kier molecular flexibility index (Phi) is 11.1. The number of likely N-dealkylation sites (tertiary alicyclic amines) is 1. The monoisotopic (exact) mass is 537 g/mol. The Morgan fingerprint density at radius 2 is 1.61 bits per heavy atom. The topological polar surface area (TPSA) is 89.4 Å². The van der Waals surface area contributed by atoms with E-state index in [1.165, 1.54) is 39.1 Å². The molecule has 1 fully saturated rings. The molecule has 0 spiro atoms. The van der Waals surface area contributed by atoms with Crippen molar-refractivity contribution in [2.75, 3.05) is 18.9 Å². The third kappa shape index (κ3) is 9.53. The fraction of sp³-hybridized carbons (Fsp3) is 0.286. The number of nitrogens with zero attached hydrogens (tertiary/aromatic N) is 4. The number of carbonyl (C=O) groups excluding carboxylic acids is 2. The molecule has 4 aromatic rings. The second-order valence-corrected chi connectivity index (χ2v) is 10.1. The number of aryl methyl sites for hydroxylation is 2. The van der Waals surface area contributed by atoms with Gasteiger partial charge in [0.15, 0.2) is 0 Å².